The van der Waals surface area contributed by atoms with Crippen LogP contribution in [0.1, 0.15) is 28.8 Å². The maximum absolute atomic E-state index is 12.3. The van der Waals surface area contributed by atoms with E-state index in [1.54, 1.807) is 41.3 Å². The molecule has 1 heterocycles. The van der Waals surface area contributed by atoms with Gasteiger partial charge in [0.05, 0.1) is 24.8 Å². The third kappa shape index (κ3) is 4.08. The second-order valence-corrected chi connectivity index (χ2v) is 6.22. The van der Waals surface area contributed by atoms with Crippen LogP contribution < -0.4 is 15.0 Å². The van der Waals surface area contributed by atoms with Gasteiger partial charge in [0.15, 0.2) is 0 Å². The Morgan fingerprint density at radius 1 is 1.22 bits per heavy atom. The highest BCUT2D eigenvalue weighted by molar-refractivity contribution is 5.99. The predicted molar refractivity (Wildman–Crippen MR) is 100 cm³/mol. The van der Waals surface area contributed by atoms with Gasteiger partial charge in [0.25, 0.3) is 0 Å². The zero-order chi connectivity index (χ0) is 19.4. The van der Waals surface area contributed by atoms with Gasteiger partial charge >= 0.3 is 5.97 Å². The van der Waals surface area contributed by atoms with E-state index in [0.717, 1.165) is 6.42 Å². The van der Waals surface area contributed by atoms with Crippen LogP contribution in [0.2, 0.25) is 0 Å². The molecule has 2 amide bonds. The van der Waals surface area contributed by atoms with Gasteiger partial charge in [-0.05, 0) is 30.2 Å². The summed E-state index contributed by atoms with van der Waals surface area (Å²) in [7, 11) is 1.51. The molecule has 2 N–H and O–H groups in total. The van der Waals surface area contributed by atoms with E-state index < -0.39 is 5.97 Å². The molecule has 0 spiro atoms. The third-order valence-electron chi connectivity index (χ3n) is 4.43. The Morgan fingerprint density at radius 3 is 2.67 bits per heavy atom. The molecule has 7 nitrogen and oxygen atoms in total. The minimum absolute atomic E-state index is 0.0513. The number of carbonyl (C=O) groups excluding carboxylic acids is 2. The van der Waals surface area contributed by atoms with Crippen LogP contribution in [0.5, 0.6) is 5.75 Å². The Morgan fingerprint density at radius 2 is 2.00 bits per heavy atom. The van der Waals surface area contributed by atoms with Crippen LogP contribution in [-0.4, -0.2) is 36.5 Å². The monoisotopic (exact) mass is 368 g/mol. The number of benzene rings is 2. The molecule has 1 aliphatic heterocycles. The van der Waals surface area contributed by atoms with Crippen LogP contribution in [0.15, 0.2) is 42.5 Å². The molecule has 7 heteroatoms. The van der Waals surface area contributed by atoms with Gasteiger partial charge in [-0.3, -0.25) is 9.59 Å². The number of hydrogen-bond donors (Lipinski definition) is 2. The zero-order valence-electron chi connectivity index (χ0n) is 14.9. The predicted octanol–water partition coefficient (Wildman–Crippen LogP) is 2.70. The Labute approximate surface area is 156 Å². The lowest BCUT2D eigenvalue weighted by Crippen LogP contribution is -2.24. The van der Waals surface area contributed by atoms with Crippen LogP contribution in [0.4, 0.5) is 11.4 Å². The van der Waals surface area contributed by atoms with Crippen LogP contribution in [0.25, 0.3) is 0 Å². The fourth-order valence-electron chi connectivity index (χ4n) is 3.14. The van der Waals surface area contributed by atoms with Gasteiger partial charge in [-0.2, -0.15) is 0 Å². The van der Waals surface area contributed by atoms with Crippen LogP contribution in [0, 0.1) is 0 Å². The Hall–Kier alpha value is -3.35. The fraction of sp³-hybridized carbons (Fsp3) is 0.250. The molecule has 1 fully saturated rings. The molecule has 0 saturated carbocycles. The molecule has 0 aromatic heterocycles. The molecular weight excluding hydrogens is 348 g/mol. The number of ether oxygens (including phenoxy) is 1. The molecular formula is C20H20N2O5. The van der Waals surface area contributed by atoms with Crippen molar-refractivity contribution in [1.82, 2.24) is 0 Å². The first-order valence-corrected chi connectivity index (χ1v) is 8.59. The van der Waals surface area contributed by atoms with E-state index in [2.05, 4.69) is 5.32 Å². The van der Waals surface area contributed by atoms with Gasteiger partial charge in [-0.15, -0.1) is 0 Å². The first-order valence-electron chi connectivity index (χ1n) is 8.59. The highest BCUT2D eigenvalue weighted by atomic mass is 16.5. The molecule has 3 rings (SSSR count). The molecule has 140 valence electrons. The van der Waals surface area contributed by atoms with E-state index in [9.17, 15) is 19.5 Å². The highest BCUT2D eigenvalue weighted by Gasteiger charge is 2.24. The lowest BCUT2D eigenvalue weighted by atomic mass is 10.0. The van der Waals surface area contributed by atoms with Crippen molar-refractivity contribution in [3.63, 3.8) is 0 Å². The van der Waals surface area contributed by atoms with Crippen molar-refractivity contribution in [3.8, 4) is 5.75 Å². The fourth-order valence-corrected chi connectivity index (χ4v) is 3.14. The molecule has 0 radical (unpaired) electrons. The summed E-state index contributed by atoms with van der Waals surface area (Å²) in [6.07, 6.45) is 1.27. The summed E-state index contributed by atoms with van der Waals surface area (Å²) in [6, 6.07) is 11.5. The Balaban J connectivity index is 1.75. The third-order valence-corrected chi connectivity index (χ3v) is 4.43. The standard InChI is InChI=1S/C20H20N2O5/c1-27-17-12-14(8-9-16(17)22-10-4-7-19(22)24)21-18(23)11-13-5-2-3-6-15(13)20(25)26/h2-3,5-6,8-9,12H,4,7,10-11H2,1H3,(H,21,23)(H,25,26). The topological polar surface area (TPSA) is 95.9 Å². The molecule has 0 aliphatic carbocycles. The summed E-state index contributed by atoms with van der Waals surface area (Å²) >= 11 is 0. The van der Waals surface area contributed by atoms with E-state index in [1.165, 1.54) is 13.2 Å². The summed E-state index contributed by atoms with van der Waals surface area (Å²) in [5.41, 5.74) is 1.73. The van der Waals surface area contributed by atoms with E-state index in [0.29, 0.717) is 35.7 Å². The minimum Gasteiger partial charge on any atom is -0.494 e. The molecule has 1 aliphatic rings. The van der Waals surface area contributed by atoms with Gasteiger partial charge in [-0.25, -0.2) is 4.79 Å². The summed E-state index contributed by atoms with van der Waals surface area (Å²) < 4.78 is 5.37. The van der Waals surface area contributed by atoms with Gasteiger partial charge in [0.2, 0.25) is 11.8 Å². The van der Waals surface area contributed by atoms with E-state index >= 15 is 0 Å². The second-order valence-electron chi connectivity index (χ2n) is 6.22. The van der Waals surface area contributed by atoms with Gasteiger partial charge in [0.1, 0.15) is 5.75 Å². The number of anilines is 2. The lowest BCUT2D eigenvalue weighted by molar-refractivity contribution is -0.117. The van der Waals surface area contributed by atoms with E-state index in [4.69, 9.17) is 4.74 Å². The summed E-state index contributed by atoms with van der Waals surface area (Å²) in [5.74, 6) is -0.861. The van der Waals surface area contributed by atoms with Crippen molar-refractivity contribution in [2.24, 2.45) is 0 Å². The number of carboxylic acids is 1. The maximum atomic E-state index is 12.3. The average Bonchev–Trinajstić information content (AvgIpc) is 3.07. The number of carbonyl (C=O) groups is 3. The number of amides is 2. The summed E-state index contributed by atoms with van der Waals surface area (Å²) in [5, 5.41) is 12.0. The molecule has 0 atom stereocenters. The smallest absolute Gasteiger partial charge is 0.335 e. The Bertz CT molecular complexity index is 894. The summed E-state index contributed by atoms with van der Waals surface area (Å²) in [6.45, 7) is 0.646. The number of methoxy groups -OCH3 is 1. The maximum Gasteiger partial charge on any atom is 0.335 e. The van der Waals surface area contributed by atoms with Crippen molar-refractivity contribution in [2.45, 2.75) is 19.3 Å². The molecule has 1 saturated heterocycles. The van der Waals surface area contributed by atoms with Crippen LogP contribution >= 0.6 is 0 Å². The van der Waals surface area contributed by atoms with Gasteiger partial charge < -0.3 is 20.1 Å². The number of nitrogens with one attached hydrogen (secondary N) is 1. The van der Waals surface area contributed by atoms with Crippen LogP contribution in [-0.2, 0) is 16.0 Å². The SMILES string of the molecule is COc1cc(NC(=O)Cc2ccccc2C(=O)O)ccc1N1CCCC1=O. The largest absolute Gasteiger partial charge is 0.494 e. The summed E-state index contributed by atoms with van der Waals surface area (Å²) in [4.78, 5) is 37.2. The zero-order valence-corrected chi connectivity index (χ0v) is 14.9. The average molecular weight is 368 g/mol. The highest BCUT2D eigenvalue weighted by Crippen LogP contribution is 2.33. The number of rotatable bonds is 6. The Kier molecular flexibility index (Phi) is 5.40. The number of carboxylic acid groups (broad SMARTS) is 1. The number of nitrogens with zero attached hydrogens (tertiary/aromatic N) is 1. The quantitative estimate of drug-likeness (QED) is 0.817. The molecule has 2 aromatic rings. The van der Waals surface area contributed by atoms with Crippen molar-refractivity contribution >= 4 is 29.2 Å². The van der Waals surface area contributed by atoms with Crippen molar-refractivity contribution in [1.29, 1.82) is 0 Å². The van der Waals surface area contributed by atoms with Crippen molar-refractivity contribution in [2.75, 3.05) is 23.9 Å². The van der Waals surface area contributed by atoms with E-state index in [1.807, 2.05) is 0 Å². The number of aromatic carboxylic acids is 1. The second kappa shape index (κ2) is 7.90. The van der Waals surface area contributed by atoms with Crippen molar-refractivity contribution in [3.05, 3.63) is 53.6 Å². The number of hydrogen-bond acceptors (Lipinski definition) is 4. The van der Waals surface area contributed by atoms with Crippen molar-refractivity contribution < 1.29 is 24.2 Å². The molecule has 2 aromatic carbocycles. The molecule has 27 heavy (non-hydrogen) atoms. The molecule has 0 bridgehead atoms. The normalized spacial score (nSPS) is 13.5. The lowest BCUT2D eigenvalue weighted by Gasteiger charge is -2.19. The molecule has 0 unspecified atom stereocenters. The van der Waals surface area contributed by atoms with Gasteiger partial charge in [0, 0.05) is 24.7 Å². The first-order chi connectivity index (χ1) is 13.0. The van der Waals surface area contributed by atoms with Crippen LogP contribution in [0.3, 0.4) is 0 Å². The minimum atomic E-state index is -1.07. The van der Waals surface area contributed by atoms with Gasteiger partial charge in [-0.1, -0.05) is 18.2 Å². The van der Waals surface area contributed by atoms with E-state index in [-0.39, 0.29) is 23.8 Å². The first kappa shape index (κ1) is 18.4.